The second-order valence-corrected chi connectivity index (χ2v) is 5.26. The second kappa shape index (κ2) is 5.96. The fourth-order valence-corrected chi connectivity index (χ4v) is 2.44. The van der Waals surface area contributed by atoms with E-state index in [1.165, 1.54) is 12.5 Å². The van der Waals surface area contributed by atoms with Crippen LogP contribution in [0, 0.1) is 0 Å². The minimum Gasteiger partial charge on any atom is -0.423 e. The Morgan fingerprint density at radius 3 is 2.71 bits per heavy atom. The van der Waals surface area contributed by atoms with Crippen LogP contribution in [-0.2, 0) is 6.54 Å². The zero-order valence-corrected chi connectivity index (χ0v) is 12.6. The van der Waals surface area contributed by atoms with Crippen LogP contribution in [0.1, 0.15) is 5.56 Å². The SMILES string of the molecule is O=c1ccc(-c2nnco2)cn1Cc1cnn(-c2ccccc2)c1. The molecule has 0 amide bonds. The lowest BCUT2D eigenvalue weighted by Gasteiger charge is -2.05. The Hall–Kier alpha value is -3.48. The molecule has 0 spiro atoms. The highest BCUT2D eigenvalue weighted by Crippen LogP contribution is 2.14. The smallest absolute Gasteiger partial charge is 0.250 e. The van der Waals surface area contributed by atoms with Crippen molar-refractivity contribution in [3.8, 4) is 17.1 Å². The molecule has 0 aliphatic rings. The molecule has 0 aliphatic carbocycles. The topological polar surface area (TPSA) is 78.7 Å². The monoisotopic (exact) mass is 319 g/mol. The first kappa shape index (κ1) is 14.1. The average molecular weight is 319 g/mol. The number of hydrogen-bond donors (Lipinski definition) is 0. The zero-order valence-electron chi connectivity index (χ0n) is 12.6. The van der Waals surface area contributed by atoms with E-state index in [0.717, 1.165) is 11.3 Å². The van der Waals surface area contributed by atoms with Gasteiger partial charge in [-0.3, -0.25) is 4.79 Å². The molecule has 3 aromatic heterocycles. The normalized spacial score (nSPS) is 10.8. The predicted octanol–water partition coefficient (Wildman–Crippen LogP) is 2.13. The van der Waals surface area contributed by atoms with Crippen molar-refractivity contribution in [3.05, 3.63) is 83.4 Å². The van der Waals surface area contributed by atoms with E-state index < -0.39 is 0 Å². The van der Waals surface area contributed by atoms with E-state index in [-0.39, 0.29) is 5.56 Å². The fourth-order valence-electron chi connectivity index (χ4n) is 2.44. The van der Waals surface area contributed by atoms with Crippen molar-refractivity contribution >= 4 is 0 Å². The molecule has 0 aliphatic heterocycles. The predicted molar refractivity (Wildman–Crippen MR) is 86.7 cm³/mol. The van der Waals surface area contributed by atoms with Gasteiger partial charge in [-0.05, 0) is 18.2 Å². The average Bonchev–Trinajstić information content (AvgIpc) is 3.29. The van der Waals surface area contributed by atoms with Crippen molar-refractivity contribution in [2.75, 3.05) is 0 Å². The summed E-state index contributed by atoms with van der Waals surface area (Å²) in [5.41, 5.74) is 2.48. The minimum absolute atomic E-state index is 0.106. The quantitative estimate of drug-likeness (QED) is 0.576. The lowest BCUT2D eigenvalue weighted by atomic mass is 10.2. The molecule has 4 rings (SSSR count). The summed E-state index contributed by atoms with van der Waals surface area (Å²) in [6.07, 6.45) is 6.62. The molecule has 0 bridgehead atoms. The lowest BCUT2D eigenvalue weighted by molar-refractivity contribution is 0.567. The van der Waals surface area contributed by atoms with E-state index in [1.807, 2.05) is 36.5 Å². The summed E-state index contributed by atoms with van der Waals surface area (Å²) in [5.74, 6) is 0.378. The third-order valence-electron chi connectivity index (χ3n) is 3.60. The number of pyridine rings is 1. The van der Waals surface area contributed by atoms with E-state index in [2.05, 4.69) is 15.3 Å². The van der Waals surface area contributed by atoms with Crippen molar-refractivity contribution in [2.24, 2.45) is 0 Å². The molecule has 0 atom stereocenters. The largest absolute Gasteiger partial charge is 0.423 e. The maximum Gasteiger partial charge on any atom is 0.250 e. The molecular weight excluding hydrogens is 306 g/mol. The molecule has 0 fully saturated rings. The van der Waals surface area contributed by atoms with Crippen molar-refractivity contribution in [1.82, 2.24) is 24.5 Å². The van der Waals surface area contributed by atoms with Gasteiger partial charge in [-0.2, -0.15) is 5.10 Å². The Kier molecular flexibility index (Phi) is 3.51. The molecule has 4 aromatic rings. The number of para-hydroxylation sites is 1. The highest BCUT2D eigenvalue weighted by molar-refractivity contribution is 5.50. The molecular formula is C17H13N5O2. The standard InChI is InChI=1S/C17H13N5O2/c23-16-7-6-14(17-20-18-12-24-17)11-21(16)9-13-8-19-22(10-13)15-4-2-1-3-5-15/h1-8,10-12H,9H2. The van der Waals surface area contributed by atoms with Gasteiger partial charge in [-0.1, -0.05) is 18.2 Å². The molecule has 7 heteroatoms. The Bertz CT molecular complexity index is 1000. The van der Waals surface area contributed by atoms with Gasteiger partial charge in [0.05, 0.1) is 24.0 Å². The third-order valence-corrected chi connectivity index (χ3v) is 3.60. The van der Waals surface area contributed by atoms with Crippen molar-refractivity contribution < 1.29 is 4.42 Å². The summed E-state index contributed by atoms with van der Waals surface area (Å²) in [6, 6.07) is 13.0. The van der Waals surface area contributed by atoms with Gasteiger partial charge < -0.3 is 8.98 Å². The van der Waals surface area contributed by atoms with Gasteiger partial charge in [-0.25, -0.2) is 4.68 Å². The van der Waals surface area contributed by atoms with E-state index in [9.17, 15) is 4.79 Å². The van der Waals surface area contributed by atoms with Gasteiger partial charge in [0.15, 0.2) is 0 Å². The highest BCUT2D eigenvalue weighted by Gasteiger charge is 2.08. The van der Waals surface area contributed by atoms with Crippen LogP contribution in [-0.4, -0.2) is 24.5 Å². The first-order valence-corrected chi connectivity index (χ1v) is 7.35. The van der Waals surface area contributed by atoms with Gasteiger partial charge in [0.2, 0.25) is 12.3 Å². The molecule has 0 N–H and O–H groups in total. The first-order chi connectivity index (χ1) is 11.8. The molecule has 0 radical (unpaired) electrons. The maximum atomic E-state index is 12.1. The summed E-state index contributed by atoms with van der Waals surface area (Å²) < 4.78 is 8.54. The summed E-state index contributed by atoms with van der Waals surface area (Å²) in [4.78, 5) is 12.1. The van der Waals surface area contributed by atoms with Crippen LogP contribution >= 0.6 is 0 Å². The van der Waals surface area contributed by atoms with Gasteiger partial charge in [-0.15, -0.1) is 10.2 Å². The second-order valence-electron chi connectivity index (χ2n) is 5.26. The van der Waals surface area contributed by atoms with Gasteiger partial charge in [0, 0.05) is 24.0 Å². The number of nitrogens with zero attached hydrogens (tertiary/aromatic N) is 5. The van der Waals surface area contributed by atoms with Crippen LogP contribution in [0.25, 0.3) is 17.1 Å². The van der Waals surface area contributed by atoms with E-state index in [4.69, 9.17) is 4.42 Å². The van der Waals surface area contributed by atoms with Gasteiger partial charge >= 0.3 is 0 Å². The summed E-state index contributed by atoms with van der Waals surface area (Å²) in [6.45, 7) is 0.410. The van der Waals surface area contributed by atoms with Crippen LogP contribution < -0.4 is 5.56 Å². The molecule has 118 valence electrons. The highest BCUT2D eigenvalue weighted by atomic mass is 16.4. The van der Waals surface area contributed by atoms with Crippen molar-refractivity contribution in [1.29, 1.82) is 0 Å². The molecule has 0 unspecified atom stereocenters. The van der Waals surface area contributed by atoms with Crippen molar-refractivity contribution in [2.45, 2.75) is 6.54 Å². The molecule has 0 saturated heterocycles. The van der Waals surface area contributed by atoms with Crippen LogP contribution in [0.4, 0.5) is 0 Å². The Morgan fingerprint density at radius 2 is 1.92 bits per heavy atom. The maximum absolute atomic E-state index is 12.1. The van der Waals surface area contributed by atoms with Gasteiger partial charge in [0.1, 0.15) is 0 Å². The van der Waals surface area contributed by atoms with E-state index in [0.29, 0.717) is 18.0 Å². The molecule has 3 heterocycles. The zero-order chi connectivity index (χ0) is 16.4. The molecule has 0 saturated carbocycles. The van der Waals surface area contributed by atoms with Crippen LogP contribution in [0.3, 0.4) is 0 Å². The summed E-state index contributed by atoms with van der Waals surface area (Å²) in [5, 5.41) is 11.9. The van der Waals surface area contributed by atoms with Crippen LogP contribution in [0.5, 0.6) is 0 Å². The Labute approximate surface area is 136 Å². The molecule has 7 nitrogen and oxygen atoms in total. The van der Waals surface area contributed by atoms with E-state index in [1.54, 1.807) is 27.7 Å². The Balaban J connectivity index is 1.63. The van der Waals surface area contributed by atoms with Crippen molar-refractivity contribution in [3.63, 3.8) is 0 Å². The summed E-state index contributed by atoms with van der Waals surface area (Å²) in [7, 11) is 0. The first-order valence-electron chi connectivity index (χ1n) is 7.35. The van der Waals surface area contributed by atoms with Crippen LogP contribution in [0.15, 0.2) is 76.7 Å². The molecule has 24 heavy (non-hydrogen) atoms. The number of benzene rings is 1. The number of rotatable bonds is 4. The fraction of sp³-hybridized carbons (Fsp3) is 0.0588. The number of hydrogen-bond acceptors (Lipinski definition) is 5. The van der Waals surface area contributed by atoms with Gasteiger partial charge in [0.25, 0.3) is 5.56 Å². The summed E-state index contributed by atoms with van der Waals surface area (Å²) >= 11 is 0. The van der Waals surface area contributed by atoms with E-state index >= 15 is 0 Å². The molecule has 1 aromatic carbocycles. The Morgan fingerprint density at radius 1 is 1.04 bits per heavy atom. The lowest BCUT2D eigenvalue weighted by Crippen LogP contribution is -2.18. The third kappa shape index (κ3) is 2.74. The number of aromatic nitrogens is 5. The van der Waals surface area contributed by atoms with Crippen LogP contribution in [0.2, 0.25) is 0 Å². The minimum atomic E-state index is -0.106.